The summed E-state index contributed by atoms with van der Waals surface area (Å²) in [6.07, 6.45) is -0.411. The molecule has 0 saturated carbocycles. The molecule has 14 heavy (non-hydrogen) atoms. The van der Waals surface area contributed by atoms with Gasteiger partial charge in [0.1, 0.15) is 0 Å². The molecular formula is C11H14ClNO. The summed E-state index contributed by atoms with van der Waals surface area (Å²) in [5.41, 5.74) is 2.74. The highest BCUT2D eigenvalue weighted by Crippen LogP contribution is 2.21. The van der Waals surface area contributed by atoms with Crippen LogP contribution in [0.15, 0.2) is 24.3 Å². The van der Waals surface area contributed by atoms with Crippen molar-refractivity contribution in [3.8, 4) is 0 Å². The molecule has 2 rings (SSSR count). The molecule has 0 fully saturated rings. The summed E-state index contributed by atoms with van der Waals surface area (Å²) < 4.78 is 0. The number of alkyl halides is 1. The van der Waals surface area contributed by atoms with E-state index in [-0.39, 0.29) is 0 Å². The third kappa shape index (κ3) is 2.08. The van der Waals surface area contributed by atoms with Gasteiger partial charge in [0, 0.05) is 25.5 Å². The van der Waals surface area contributed by atoms with E-state index in [1.54, 1.807) is 0 Å². The number of aliphatic hydroxyl groups excluding tert-OH is 1. The largest absolute Gasteiger partial charge is 0.391 e. The summed E-state index contributed by atoms with van der Waals surface area (Å²) in [4.78, 5) is 2.22. The Bertz CT molecular complexity index is 291. The van der Waals surface area contributed by atoms with Gasteiger partial charge in [-0.25, -0.2) is 0 Å². The highest BCUT2D eigenvalue weighted by atomic mass is 35.5. The van der Waals surface area contributed by atoms with Crippen LogP contribution < -0.4 is 0 Å². The number of hydrogen-bond donors (Lipinski definition) is 1. The highest BCUT2D eigenvalue weighted by Gasteiger charge is 2.19. The zero-order valence-electron chi connectivity index (χ0n) is 7.99. The zero-order chi connectivity index (χ0) is 9.97. The van der Waals surface area contributed by atoms with Gasteiger partial charge in [-0.3, -0.25) is 4.90 Å². The lowest BCUT2D eigenvalue weighted by Gasteiger charge is -2.17. The average Bonchev–Trinajstić information content (AvgIpc) is 2.59. The maximum Gasteiger partial charge on any atom is 0.0802 e. The van der Waals surface area contributed by atoms with Crippen molar-refractivity contribution in [2.24, 2.45) is 0 Å². The second kappa shape index (κ2) is 4.30. The number of benzene rings is 1. The maximum atomic E-state index is 9.42. The Balaban J connectivity index is 1.98. The standard InChI is InChI=1S/C11H14ClNO/c12-5-11(14)8-13-6-9-3-1-2-4-10(9)7-13/h1-4,11,14H,5-8H2/t11-/m1/s1. The van der Waals surface area contributed by atoms with Crippen LogP contribution >= 0.6 is 11.6 Å². The fourth-order valence-electron chi connectivity index (χ4n) is 1.88. The summed E-state index contributed by atoms with van der Waals surface area (Å²) >= 11 is 5.57. The van der Waals surface area contributed by atoms with Crippen molar-refractivity contribution >= 4 is 11.6 Å². The minimum absolute atomic E-state index is 0.312. The van der Waals surface area contributed by atoms with Gasteiger partial charge >= 0.3 is 0 Å². The summed E-state index contributed by atoms with van der Waals surface area (Å²) in [6, 6.07) is 8.39. The van der Waals surface area contributed by atoms with Crippen LogP contribution in [0.1, 0.15) is 11.1 Å². The third-order valence-electron chi connectivity index (χ3n) is 2.55. The van der Waals surface area contributed by atoms with Crippen LogP contribution in [-0.4, -0.2) is 28.5 Å². The Kier molecular flexibility index (Phi) is 3.06. The zero-order valence-corrected chi connectivity index (χ0v) is 8.74. The molecular weight excluding hydrogens is 198 g/mol. The lowest BCUT2D eigenvalue weighted by atomic mass is 10.1. The molecule has 0 unspecified atom stereocenters. The number of hydrogen-bond acceptors (Lipinski definition) is 2. The number of β-amino-alcohol motifs (C(OH)–C–C–N with tert-alkyl or cyclic N) is 1. The third-order valence-corrected chi connectivity index (χ3v) is 2.91. The van der Waals surface area contributed by atoms with Gasteiger partial charge in [0.25, 0.3) is 0 Å². The van der Waals surface area contributed by atoms with Crippen molar-refractivity contribution in [1.29, 1.82) is 0 Å². The van der Waals surface area contributed by atoms with Gasteiger partial charge in [0.15, 0.2) is 0 Å². The smallest absolute Gasteiger partial charge is 0.0802 e. The first kappa shape index (κ1) is 9.97. The summed E-state index contributed by atoms with van der Waals surface area (Å²) in [7, 11) is 0. The summed E-state index contributed by atoms with van der Waals surface area (Å²) in [5.74, 6) is 0.312. The van der Waals surface area contributed by atoms with E-state index in [1.165, 1.54) is 11.1 Å². The minimum Gasteiger partial charge on any atom is -0.391 e. The molecule has 1 aromatic rings. The van der Waals surface area contributed by atoms with E-state index in [9.17, 15) is 5.11 Å². The normalized spacial score (nSPS) is 18.1. The molecule has 0 aromatic heterocycles. The maximum absolute atomic E-state index is 9.42. The van der Waals surface area contributed by atoms with Crippen molar-refractivity contribution in [1.82, 2.24) is 4.90 Å². The fraction of sp³-hybridized carbons (Fsp3) is 0.455. The number of fused-ring (bicyclic) bond motifs is 1. The second-order valence-electron chi connectivity index (χ2n) is 3.75. The Morgan fingerprint density at radius 3 is 2.36 bits per heavy atom. The number of halogens is 1. The second-order valence-corrected chi connectivity index (χ2v) is 4.06. The molecule has 1 N–H and O–H groups in total. The van der Waals surface area contributed by atoms with Crippen molar-refractivity contribution in [2.75, 3.05) is 12.4 Å². The molecule has 0 bridgehead atoms. The quantitative estimate of drug-likeness (QED) is 0.768. The van der Waals surface area contributed by atoms with Crippen LogP contribution in [0.4, 0.5) is 0 Å². The van der Waals surface area contributed by atoms with Crippen LogP contribution in [0.5, 0.6) is 0 Å². The number of aliphatic hydroxyl groups is 1. The molecule has 0 radical (unpaired) electrons. The highest BCUT2D eigenvalue weighted by molar-refractivity contribution is 6.18. The molecule has 1 heterocycles. The van der Waals surface area contributed by atoms with Crippen molar-refractivity contribution in [3.05, 3.63) is 35.4 Å². The van der Waals surface area contributed by atoms with Gasteiger partial charge in [-0.15, -0.1) is 11.6 Å². The fourth-order valence-corrected chi connectivity index (χ4v) is 1.98. The summed E-state index contributed by atoms with van der Waals surface area (Å²) in [5, 5.41) is 9.42. The Hall–Kier alpha value is -0.570. The lowest BCUT2D eigenvalue weighted by molar-refractivity contribution is 0.128. The van der Waals surface area contributed by atoms with Gasteiger partial charge in [0.05, 0.1) is 6.10 Å². The van der Waals surface area contributed by atoms with Gasteiger partial charge in [-0.05, 0) is 11.1 Å². The number of nitrogens with zero attached hydrogens (tertiary/aromatic N) is 1. The number of rotatable bonds is 3. The topological polar surface area (TPSA) is 23.5 Å². The van der Waals surface area contributed by atoms with E-state index in [2.05, 4.69) is 29.2 Å². The molecule has 2 nitrogen and oxygen atoms in total. The molecule has 3 heteroatoms. The summed E-state index contributed by atoms with van der Waals surface area (Å²) in [6.45, 7) is 2.53. The molecule has 1 atom stereocenters. The molecule has 76 valence electrons. The minimum atomic E-state index is -0.411. The van der Waals surface area contributed by atoms with E-state index in [0.29, 0.717) is 12.4 Å². The van der Waals surface area contributed by atoms with Crippen LogP contribution in [-0.2, 0) is 13.1 Å². The van der Waals surface area contributed by atoms with Gasteiger partial charge in [-0.1, -0.05) is 24.3 Å². The lowest BCUT2D eigenvalue weighted by Crippen LogP contribution is -2.29. The van der Waals surface area contributed by atoms with Gasteiger partial charge < -0.3 is 5.11 Å². The Morgan fingerprint density at radius 1 is 1.29 bits per heavy atom. The molecule has 1 aromatic carbocycles. The van der Waals surface area contributed by atoms with Crippen LogP contribution in [0.2, 0.25) is 0 Å². The van der Waals surface area contributed by atoms with Crippen molar-refractivity contribution in [3.63, 3.8) is 0 Å². The van der Waals surface area contributed by atoms with Crippen molar-refractivity contribution < 1.29 is 5.11 Å². The Labute approximate surface area is 89.1 Å². The first-order chi connectivity index (χ1) is 6.79. The molecule has 1 aliphatic rings. The SMILES string of the molecule is O[C@H](CCl)CN1Cc2ccccc2C1. The molecule has 0 saturated heterocycles. The van der Waals surface area contributed by atoms with E-state index in [4.69, 9.17) is 11.6 Å². The Morgan fingerprint density at radius 2 is 1.86 bits per heavy atom. The predicted molar refractivity (Wildman–Crippen MR) is 57.3 cm³/mol. The predicted octanol–water partition coefficient (Wildman–Crippen LogP) is 1.60. The molecule has 0 spiro atoms. The monoisotopic (exact) mass is 211 g/mol. The molecule has 1 aliphatic heterocycles. The van der Waals surface area contributed by atoms with E-state index >= 15 is 0 Å². The first-order valence-corrected chi connectivity index (χ1v) is 5.36. The van der Waals surface area contributed by atoms with Crippen LogP contribution in [0.25, 0.3) is 0 Å². The molecule has 0 aliphatic carbocycles. The van der Waals surface area contributed by atoms with Crippen LogP contribution in [0.3, 0.4) is 0 Å². The average molecular weight is 212 g/mol. The molecule has 0 amide bonds. The van der Waals surface area contributed by atoms with E-state index in [0.717, 1.165) is 13.1 Å². The van der Waals surface area contributed by atoms with E-state index in [1.807, 2.05) is 0 Å². The van der Waals surface area contributed by atoms with E-state index < -0.39 is 6.10 Å². The first-order valence-electron chi connectivity index (χ1n) is 4.83. The van der Waals surface area contributed by atoms with Gasteiger partial charge in [-0.2, -0.15) is 0 Å². The van der Waals surface area contributed by atoms with Crippen molar-refractivity contribution in [2.45, 2.75) is 19.2 Å². The van der Waals surface area contributed by atoms with Gasteiger partial charge in [0.2, 0.25) is 0 Å². The van der Waals surface area contributed by atoms with Crippen LogP contribution in [0, 0.1) is 0 Å².